The van der Waals surface area contributed by atoms with Crippen LogP contribution in [0.5, 0.6) is 0 Å². The Labute approximate surface area is 146 Å². The Kier molecular flexibility index (Phi) is 3.65. The molecule has 124 valence electrons. The van der Waals surface area contributed by atoms with Crippen molar-refractivity contribution in [3.05, 3.63) is 82.9 Å². The lowest BCUT2D eigenvalue weighted by molar-refractivity contribution is -0.153. The highest BCUT2D eigenvalue weighted by atomic mass is 16.6. The number of ether oxygens (including phenoxy) is 1. The van der Waals surface area contributed by atoms with E-state index in [-0.39, 0.29) is 0 Å². The van der Waals surface area contributed by atoms with Gasteiger partial charge in [-0.1, -0.05) is 60.7 Å². The molecule has 1 fully saturated rings. The quantitative estimate of drug-likeness (QED) is 0.610. The molecule has 25 heavy (non-hydrogen) atoms. The van der Waals surface area contributed by atoms with E-state index in [1.165, 1.54) is 0 Å². The highest BCUT2D eigenvalue weighted by Crippen LogP contribution is 2.49. The van der Waals surface area contributed by atoms with Gasteiger partial charge in [0.25, 0.3) is 0 Å². The molecule has 0 radical (unpaired) electrons. The fraction of sp³-hybridized carbons (Fsp3) is 0.182. The number of carbonyl (C=O) groups excluding carboxylic acids is 2. The lowest BCUT2D eigenvalue weighted by atomic mass is 9.70. The largest absolute Gasteiger partial charge is 0.392 e. The number of cyclic esters (lactones) is 2. The maximum Gasteiger partial charge on any atom is 0.321 e. The van der Waals surface area contributed by atoms with Crippen molar-refractivity contribution in [3.8, 4) is 0 Å². The smallest absolute Gasteiger partial charge is 0.321 e. The number of allylic oxidation sites excluding steroid dienone is 2. The molecular weight excluding hydrogens is 312 g/mol. The third-order valence-electron chi connectivity index (χ3n) is 5.14. The van der Waals surface area contributed by atoms with E-state index in [1.54, 1.807) is 0 Å². The number of hydrogen-bond acceptors (Lipinski definition) is 3. The lowest BCUT2D eigenvalue weighted by Crippen LogP contribution is -2.25. The monoisotopic (exact) mass is 330 g/mol. The molecule has 0 amide bonds. The maximum absolute atomic E-state index is 12.3. The van der Waals surface area contributed by atoms with Crippen molar-refractivity contribution in [2.24, 2.45) is 11.8 Å². The van der Waals surface area contributed by atoms with Gasteiger partial charge in [-0.15, -0.1) is 0 Å². The third-order valence-corrected chi connectivity index (χ3v) is 5.14. The minimum absolute atomic E-state index is 0.438. The minimum atomic E-state index is -0.518. The Bertz CT molecular complexity index is 843. The molecule has 0 bridgehead atoms. The van der Waals surface area contributed by atoms with Crippen molar-refractivity contribution in [2.75, 3.05) is 0 Å². The molecule has 0 saturated carbocycles. The van der Waals surface area contributed by atoms with Crippen LogP contribution in [0, 0.1) is 11.8 Å². The first-order chi connectivity index (χ1) is 12.1. The van der Waals surface area contributed by atoms with Crippen LogP contribution < -0.4 is 0 Å². The van der Waals surface area contributed by atoms with Crippen molar-refractivity contribution >= 4 is 23.1 Å². The standard InChI is InChI=1S/C22H18O3/c1-13-17(15-9-5-3-6-10-15)18(16-11-7-4-8-12-16)14(2)20-19(13)21(23)25-22(20)24/h3-12,19-20H,1-2H3/t19-,20+. The van der Waals surface area contributed by atoms with E-state index in [0.29, 0.717) is 0 Å². The zero-order valence-corrected chi connectivity index (χ0v) is 14.2. The number of rotatable bonds is 2. The van der Waals surface area contributed by atoms with Gasteiger partial charge in [-0.2, -0.15) is 0 Å². The van der Waals surface area contributed by atoms with Gasteiger partial charge in [-0.25, -0.2) is 0 Å². The van der Waals surface area contributed by atoms with Gasteiger partial charge in [0.15, 0.2) is 0 Å². The SMILES string of the molecule is CC1=C(c2ccccc2)C(c2ccccc2)=C(C)[C@@H]2C(=O)OC(=O)[C@H]12. The van der Waals surface area contributed by atoms with E-state index >= 15 is 0 Å². The summed E-state index contributed by atoms with van der Waals surface area (Å²) in [6, 6.07) is 20.0. The van der Waals surface area contributed by atoms with Gasteiger partial charge in [0.2, 0.25) is 0 Å². The third kappa shape index (κ3) is 2.35. The van der Waals surface area contributed by atoms with Gasteiger partial charge in [-0.05, 0) is 47.3 Å². The van der Waals surface area contributed by atoms with E-state index in [1.807, 2.05) is 74.5 Å². The Morgan fingerprint density at radius 1 is 0.640 bits per heavy atom. The van der Waals surface area contributed by atoms with Crippen LogP contribution >= 0.6 is 0 Å². The molecule has 1 heterocycles. The van der Waals surface area contributed by atoms with E-state index in [2.05, 4.69) is 0 Å². The van der Waals surface area contributed by atoms with Crippen LogP contribution in [0.3, 0.4) is 0 Å². The first-order valence-electron chi connectivity index (χ1n) is 8.38. The van der Waals surface area contributed by atoms with Crippen LogP contribution in [0.2, 0.25) is 0 Å². The van der Waals surface area contributed by atoms with Gasteiger partial charge in [0.1, 0.15) is 0 Å². The van der Waals surface area contributed by atoms with Gasteiger partial charge in [0, 0.05) is 0 Å². The second-order valence-corrected chi connectivity index (χ2v) is 6.54. The van der Waals surface area contributed by atoms with Gasteiger partial charge in [-0.3, -0.25) is 9.59 Å². The molecule has 1 saturated heterocycles. The van der Waals surface area contributed by atoms with E-state index in [0.717, 1.165) is 33.4 Å². The summed E-state index contributed by atoms with van der Waals surface area (Å²) in [7, 11) is 0. The fourth-order valence-electron chi connectivity index (χ4n) is 4.01. The van der Waals surface area contributed by atoms with Crippen molar-refractivity contribution in [2.45, 2.75) is 13.8 Å². The Morgan fingerprint density at radius 3 is 1.36 bits per heavy atom. The number of esters is 2. The average Bonchev–Trinajstić information content (AvgIpc) is 2.94. The molecule has 4 rings (SSSR count). The molecule has 0 spiro atoms. The Morgan fingerprint density at radius 2 is 1.00 bits per heavy atom. The van der Waals surface area contributed by atoms with Gasteiger partial charge in [0.05, 0.1) is 11.8 Å². The molecule has 1 aliphatic carbocycles. The number of fused-ring (bicyclic) bond motifs is 1. The molecule has 3 nitrogen and oxygen atoms in total. The fourth-order valence-corrected chi connectivity index (χ4v) is 4.01. The van der Waals surface area contributed by atoms with Crippen LogP contribution in [-0.2, 0) is 14.3 Å². The molecular formula is C22H18O3. The van der Waals surface area contributed by atoms with E-state index in [4.69, 9.17) is 4.74 Å². The van der Waals surface area contributed by atoms with Crippen LogP contribution in [0.4, 0.5) is 0 Å². The van der Waals surface area contributed by atoms with Crippen LogP contribution in [0.15, 0.2) is 71.8 Å². The van der Waals surface area contributed by atoms with Crippen molar-refractivity contribution in [3.63, 3.8) is 0 Å². The van der Waals surface area contributed by atoms with Crippen LogP contribution in [0.1, 0.15) is 25.0 Å². The number of hydrogen-bond donors (Lipinski definition) is 0. The van der Waals surface area contributed by atoms with E-state index in [9.17, 15) is 9.59 Å². The number of benzene rings is 2. The summed E-state index contributed by atoms with van der Waals surface area (Å²) in [5.74, 6) is -1.91. The van der Waals surface area contributed by atoms with Gasteiger partial charge >= 0.3 is 11.9 Å². The molecule has 2 atom stereocenters. The van der Waals surface area contributed by atoms with E-state index < -0.39 is 23.8 Å². The van der Waals surface area contributed by atoms with Crippen LogP contribution in [0.25, 0.3) is 11.1 Å². The Balaban J connectivity index is 2.02. The highest BCUT2D eigenvalue weighted by molar-refractivity contribution is 6.14. The van der Waals surface area contributed by atoms with Crippen molar-refractivity contribution < 1.29 is 14.3 Å². The van der Waals surface area contributed by atoms with Crippen molar-refractivity contribution in [1.29, 1.82) is 0 Å². The molecule has 0 unspecified atom stereocenters. The molecule has 2 aromatic rings. The highest BCUT2D eigenvalue weighted by Gasteiger charge is 2.50. The van der Waals surface area contributed by atoms with Gasteiger partial charge < -0.3 is 4.74 Å². The Hall–Kier alpha value is -2.94. The summed E-state index contributed by atoms with van der Waals surface area (Å²) >= 11 is 0. The predicted molar refractivity (Wildman–Crippen MR) is 96.2 cm³/mol. The molecule has 2 aliphatic rings. The zero-order valence-electron chi connectivity index (χ0n) is 14.2. The minimum Gasteiger partial charge on any atom is -0.392 e. The summed E-state index contributed by atoms with van der Waals surface area (Å²) < 4.78 is 4.97. The summed E-state index contributed by atoms with van der Waals surface area (Å²) in [4.78, 5) is 24.6. The maximum atomic E-state index is 12.3. The first-order valence-corrected chi connectivity index (χ1v) is 8.38. The molecule has 0 aromatic heterocycles. The topological polar surface area (TPSA) is 43.4 Å². The van der Waals surface area contributed by atoms with Crippen LogP contribution in [-0.4, -0.2) is 11.9 Å². The molecule has 1 aliphatic heterocycles. The molecule has 3 heteroatoms. The first kappa shape index (κ1) is 15.6. The summed E-state index contributed by atoms with van der Waals surface area (Å²) in [6.07, 6.45) is 0. The van der Waals surface area contributed by atoms with Crippen molar-refractivity contribution in [1.82, 2.24) is 0 Å². The summed E-state index contributed by atoms with van der Waals surface area (Å²) in [5, 5.41) is 0. The average molecular weight is 330 g/mol. The second kappa shape index (κ2) is 5.85. The zero-order chi connectivity index (χ0) is 17.6. The predicted octanol–water partition coefficient (Wildman–Crippen LogP) is 4.26. The lowest BCUT2D eigenvalue weighted by Gasteiger charge is -2.30. The summed E-state index contributed by atoms with van der Waals surface area (Å²) in [5.41, 5.74) is 5.94. The number of carbonyl (C=O) groups is 2. The molecule has 0 N–H and O–H groups in total. The normalized spacial score (nSPS) is 23.0. The second-order valence-electron chi connectivity index (χ2n) is 6.54. The summed E-state index contributed by atoms with van der Waals surface area (Å²) in [6.45, 7) is 3.88. The molecule has 2 aromatic carbocycles.